The molecule has 1 atom stereocenters. The third-order valence-electron chi connectivity index (χ3n) is 3.57. The average molecular weight is 433 g/mol. The van der Waals surface area contributed by atoms with Crippen molar-refractivity contribution >= 4 is 38.9 Å². The van der Waals surface area contributed by atoms with Gasteiger partial charge in [0, 0.05) is 22.3 Å². The van der Waals surface area contributed by atoms with Crippen molar-refractivity contribution in [3.63, 3.8) is 0 Å². The summed E-state index contributed by atoms with van der Waals surface area (Å²) in [5.41, 5.74) is 1.44. The summed E-state index contributed by atoms with van der Waals surface area (Å²) in [4.78, 5) is 0. The van der Waals surface area contributed by atoms with E-state index in [0.29, 0.717) is 34.6 Å². The molecule has 0 spiro atoms. The highest BCUT2D eigenvalue weighted by Crippen LogP contribution is 2.21. The summed E-state index contributed by atoms with van der Waals surface area (Å²) in [5, 5.41) is 14.4. The van der Waals surface area contributed by atoms with E-state index in [2.05, 4.69) is 10.0 Å². The maximum Gasteiger partial charge on any atom is 0.229 e. The Morgan fingerprint density at radius 2 is 1.85 bits per heavy atom. The highest BCUT2D eigenvalue weighted by molar-refractivity contribution is 7.92. The average Bonchev–Trinajstić information content (AvgIpc) is 2.58. The first-order chi connectivity index (χ1) is 12.7. The lowest BCUT2D eigenvalue weighted by atomic mass is 10.1. The summed E-state index contributed by atoms with van der Waals surface area (Å²) in [6.07, 6.45) is 1.12. The topological polar surface area (TPSA) is 87.7 Å². The fraction of sp³-hybridized carbons (Fsp3) is 0.333. The van der Waals surface area contributed by atoms with Gasteiger partial charge >= 0.3 is 0 Å². The number of nitrogens with one attached hydrogen (secondary N) is 2. The molecule has 0 heterocycles. The number of sulfonamides is 1. The van der Waals surface area contributed by atoms with E-state index in [1.54, 1.807) is 36.4 Å². The van der Waals surface area contributed by atoms with Crippen LogP contribution in [0, 0.1) is 0 Å². The zero-order valence-corrected chi connectivity index (χ0v) is 17.1. The normalized spacial score (nSPS) is 12.6. The number of ether oxygens (including phenoxy) is 1. The maximum atomic E-state index is 11.2. The van der Waals surface area contributed by atoms with Gasteiger partial charge in [0.2, 0.25) is 10.0 Å². The smallest absolute Gasteiger partial charge is 0.229 e. The Balaban J connectivity index is 1.67. The van der Waals surface area contributed by atoms with Gasteiger partial charge in [-0.3, -0.25) is 4.72 Å². The molecule has 6 nitrogen and oxygen atoms in total. The predicted molar refractivity (Wildman–Crippen MR) is 109 cm³/mol. The zero-order valence-electron chi connectivity index (χ0n) is 14.8. The molecule has 0 saturated carbocycles. The van der Waals surface area contributed by atoms with Crippen LogP contribution in [-0.2, 0) is 16.4 Å². The third-order valence-corrected chi connectivity index (χ3v) is 4.76. The van der Waals surface area contributed by atoms with Crippen LogP contribution in [0.5, 0.6) is 5.75 Å². The number of hydrogen-bond donors (Lipinski definition) is 3. The van der Waals surface area contributed by atoms with Crippen LogP contribution in [0.15, 0.2) is 42.5 Å². The molecule has 0 bridgehead atoms. The van der Waals surface area contributed by atoms with Crippen LogP contribution < -0.4 is 14.8 Å². The van der Waals surface area contributed by atoms with E-state index in [9.17, 15) is 13.5 Å². The molecule has 0 radical (unpaired) electrons. The summed E-state index contributed by atoms with van der Waals surface area (Å²) in [7, 11) is -3.31. The number of anilines is 1. The zero-order chi connectivity index (χ0) is 19.9. The second kappa shape index (κ2) is 10.1. The molecule has 9 heteroatoms. The molecule has 2 aromatic carbocycles. The first kappa shape index (κ1) is 21.8. The Morgan fingerprint density at radius 1 is 1.15 bits per heavy atom. The molecule has 0 aliphatic carbocycles. The molecule has 0 fully saturated rings. The molecule has 0 aliphatic heterocycles. The summed E-state index contributed by atoms with van der Waals surface area (Å²) in [6, 6.07) is 11.8. The van der Waals surface area contributed by atoms with Crippen LogP contribution in [0.2, 0.25) is 10.0 Å². The fourth-order valence-corrected chi connectivity index (χ4v) is 3.37. The first-order valence-corrected chi connectivity index (χ1v) is 10.9. The second-order valence-electron chi connectivity index (χ2n) is 6.05. The van der Waals surface area contributed by atoms with E-state index >= 15 is 0 Å². The van der Waals surface area contributed by atoms with Gasteiger partial charge in [-0.2, -0.15) is 0 Å². The van der Waals surface area contributed by atoms with Crippen LogP contribution >= 0.6 is 23.2 Å². The van der Waals surface area contributed by atoms with Crippen LogP contribution in [0.1, 0.15) is 5.56 Å². The van der Waals surface area contributed by atoms with Crippen molar-refractivity contribution in [2.75, 3.05) is 30.7 Å². The minimum atomic E-state index is -3.31. The van der Waals surface area contributed by atoms with Gasteiger partial charge in [-0.1, -0.05) is 29.3 Å². The monoisotopic (exact) mass is 432 g/mol. The van der Waals surface area contributed by atoms with Gasteiger partial charge < -0.3 is 15.2 Å². The van der Waals surface area contributed by atoms with Gasteiger partial charge in [0.15, 0.2) is 0 Å². The summed E-state index contributed by atoms with van der Waals surface area (Å²) >= 11 is 12.0. The molecule has 0 saturated heterocycles. The van der Waals surface area contributed by atoms with Gasteiger partial charge in [0.1, 0.15) is 18.5 Å². The van der Waals surface area contributed by atoms with E-state index in [1.165, 1.54) is 0 Å². The Morgan fingerprint density at radius 3 is 2.48 bits per heavy atom. The van der Waals surface area contributed by atoms with Gasteiger partial charge in [-0.25, -0.2) is 8.42 Å². The first-order valence-electron chi connectivity index (χ1n) is 8.26. The lowest BCUT2D eigenvalue weighted by molar-refractivity contribution is 0.106. The SMILES string of the molecule is CS(=O)(=O)Nc1ccc(OCC(O)CNCCc2ccc(Cl)cc2Cl)cc1. The third kappa shape index (κ3) is 8.36. The van der Waals surface area contributed by atoms with Crippen molar-refractivity contribution in [2.45, 2.75) is 12.5 Å². The number of hydrogen-bond acceptors (Lipinski definition) is 5. The molecule has 0 aliphatic rings. The standard InChI is InChI=1S/C18H22Cl2N2O4S/c1-27(24,25)22-15-4-6-17(7-5-15)26-12-16(23)11-21-9-8-13-2-3-14(19)10-18(13)20/h2-7,10,16,21-23H,8-9,11-12H2,1H3. The highest BCUT2D eigenvalue weighted by atomic mass is 35.5. The molecule has 1 unspecified atom stereocenters. The van der Waals surface area contributed by atoms with Crippen molar-refractivity contribution in [1.82, 2.24) is 5.32 Å². The van der Waals surface area contributed by atoms with E-state index in [1.807, 2.05) is 6.07 Å². The van der Waals surface area contributed by atoms with Crippen molar-refractivity contribution in [2.24, 2.45) is 0 Å². The Bertz CT molecular complexity index is 845. The quantitative estimate of drug-likeness (QED) is 0.502. The molecule has 27 heavy (non-hydrogen) atoms. The van der Waals surface area contributed by atoms with Crippen LogP contribution in [-0.4, -0.2) is 45.6 Å². The Labute approximate surface area is 169 Å². The van der Waals surface area contributed by atoms with Gasteiger partial charge in [-0.15, -0.1) is 0 Å². The van der Waals surface area contributed by atoms with Crippen molar-refractivity contribution in [3.8, 4) is 5.75 Å². The highest BCUT2D eigenvalue weighted by Gasteiger charge is 2.07. The van der Waals surface area contributed by atoms with Crippen molar-refractivity contribution < 1.29 is 18.3 Å². The minimum Gasteiger partial charge on any atom is -0.491 e. The van der Waals surface area contributed by atoms with Gasteiger partial charge in [-0.05, 0) is 54.9 Å². The molecule has 2 aromatic rings. The molecular weight excluding hydrogens is 411 g/mol. The molecule has 0 aromatic heterocycles. The molecule has 3 N–H and O–H groups in total. The largest absolute Gasteiger partial charge is 0.491 e. The number of halogens is 2. The maximum absolute atomic E-state index is 11.2. The summed E-state index contributed by atoms with van der Waals surface area (Å²) in [5.74, 6) is 0.543. The van der Waals surface area contributed by atoms with Crippen LogP contribution in [0.4, 0.5) is 5.69 Å². The van der Waals surface area contributed by atoms with E-state index in [4.69, 9.17) is 27.9 Å². The van der Waals surface area contributed by atoms with Crippen molar-refractivity contribution in [3.05, 3.63) is 58.1 Å². The molecule has 148 valence electrons. The molecule has 0 amide bonds. The number of benzene rings is 2. The summed E-state index contributed by atoms with van der Waals surface area (Å²) in [6.45, 7) is 1.15. The Hall–Kier alpha value is -1.51. The molecular formula is C18H22Cl2N2O4S. The van der Waals surface area contributed by atoms with Crippen LogP contribution in [0.25, 0.3) is 0 Å². The van der Waals surface area contributed by atoms with E-state index < -0.39 is 16.1 Å². The second-order valence-corrected chi connectivity index (χ2v) is 8.65. The number of rotatable bonds is 10. The van der Waals surface area contributed by atoms with Crippen molar-refractivity contribution in [1.29, 1.82) is 0 Å². The number of aliphatic hydroxyl groups excluding tert-OH is 1. The summed E-state index contributed by atoms with van der Waals surface area (Å²) < 4.78 is 30.2. The van der Waals surface area contributed by atoms with Gasteiger partial charge in [0.05, 0.1) is 6.26 Å². The molecule has 2 rings (SSSR count). The van der Waals surface area contributed by atoms with E-state index in [-0.39, 0.29) is 6.61 Å². The Kier molecular flexibility index (Phi) is 8.19. The fourth-order valence-electron chi connectivity index (χ4n) is 2.30. The minimum absolute atomic E-state index is 0.119. The lowest BCUT2D eigenvalue weighted by Crippen LogP contribution is -2.32. The number of aliphatic hydroxyl groups is 1. The lowest BCUT2D eigenvalue weighted by Gasteiger charge is -2.14. The predicted octanol–water partition coefficient (Wildman–Crippen LogP) is 2.94. The van der Waals surface area contributed by atoms with E-state index in [0.717, 1.165) is 18.2 Å². The van der Waals surface area contributed by atoms with Gasteiger partial charge in [0.25, 0.3) is 0 Å². The van der Waals surface area contributed by atoms with Crippen LogP contribution in [0.3, 0.4) is 0 Å².